The van der Waals surface area contributed by atoms with Crippen molar-refractivity contribution in [2.24, 2.45) is 0 Å². The highest BCUT2D eigenvalue weighted by Crippen LogP contribution is 2.30. The van der Waals surface area contributed by atoms with Gasteiger partial charge in [-0.05, 0) is 44.0 Å². The van der Waals surface area contributed by atoms with Crippen LogP contribution in [0.25, 0.3) is 11.2 Å². The molecule has 3 aromatic heterocycles. The lowest BCUT2D eigenvalue weighted by Crippen LogP contribution is -2.12. The van der Waals surface area contributed by atoms with Gasteiger partial charge in [-0.1, -0.05) is 6.07 Å². The van der Waals surface area contributed by atoms with E-state index in [2.05, 4.69) is 32.5 Å². The maximum Gasteiger partial charge on any atom is 0.160 e. The zero-order valence-corrected chi connectivity index (χ0v) is 13.0. The summed E-state index contributed by atoms with van der Waals surface area (Å²) in [5, 5.41) is -0.182. The van der Waals surface area contributed by atoms with Crippen molar-refractivity contribution in [2.75, 3.05) is 0 Å². The SMILES string of the molecule is Cc1cnc2c(c1)nc(C(C)Cl)n2C(C)c1cccnc1. The van der Waals surface area contributed by atoms with E-state index in [1.165, 1.54) is 0 Å². The zero-order chi connectivity index (χ0) is 15.0. The van der Waals surface area contributed by atoms with Gasteiger partial charge < -0.3 is 4.57 Å². The summed E-state index contributed by atoms with van der Waals surface area (Å²) in [5.74, 6) is 0.834. The Hall–Kier alpha value is -1.94. The second-order valence-electron chi connectivity index (χ2n) is 5.27. The van der Waals surface area contributed by atoms with Crippen molar-refractivity contribution in [1.82, 2.24) is 19.5 Å². The average Bonchev–Trinajstić information content (AvgIpc) is 2.86. The largest absolute Gasteiger partial charge is 0.304 e. The van der Waals surface area contributed by atoms with Gasteiger partial charge in [-0.3, -0.25) is 4.98 Å². The van der Waals surface area contributed by atoms with Crippen LogP contribution in [0.3, 0.4) is 0 Å². The molecule has 0 radical (unpaired) electrons. The summed E-state index contributed by atoms with van der Waals surface area (Å²) in [6.45, 7) is 6.06. The van der Waals surface area contributed by atoms with Crippen LogP contribution in [0.5, 0.6) is 0 Å². The predicted molar refractivity (Wildman–Crippen MR) is 84.6 cm³/mol. The molecule has 0 aliphatic carbocycles. The van der Waals surface area contributed by atoms with Crippen molar-refractivity contribution in [3.8, 4) is 0 Å². The minimum absolute atomic E-state index is 0.0788. The fraction of sp³-hybridized carbons (Fsp3) is 0.312. The van der Waals surface area contributed by atoms with E-state index in [1.54, 1.807) is 6.20 Å². The molecule has 0 N–H and O–H groups in total. The number of aromatic nitrogens is 4. The summed E-state index contributed by atoms with van der Waals surface area (Å²) >= 11 is 6.32. The Kier molecular flexibility index (Phi) is 3.64. The number of rotatable bonds is 3. The molecule has 5 heteroatoms. The third-order valence-corrected chi connectivity index (χ3v) is 3.80. The van der Waals surface area contributed by atoms with Gasteiger partial charge in [0.25, 0.3) is 0 Å². The number of hydrogen-bond acceptors (Lipinski definition) is 3. The fourth-order valence-electron chi connectivity index (χ4n) is 2.53. The van der Waals surface area contributed by atoms with Gasteiger partial charge in [0.1, 0.15) is 11.3 Å². The van der Waals surface area contributed by atoms with Crippen LogP contribution >= 0.6 is 11.6 Å². The summed E-state index contributed by atoms with van der Waals surface area (Å²) in [7, 11) is 0. The van der Waals surface area contributed by atoms with Crippen molar-refractivity contribution in [1.29, 1.82) is 0 Å². The van der Waals surface area contributed by atoms with Gasteiger partial charge in [-0.25, -0.2) is 9.97 Å². The van der Waals surface area contributed by atoms with Crippen molar-refractivity contribution in [2.45, 2.75) is 32.2 Å². The Morgan fingerprint density at radius 3 is 2.71 bits per heavy atom. The monoisotopic (exact) mass is 300 g/mol. The number of imidazole rings is 1. The van der Waals surface area contributed by atoms with Crippen LogP contribution < -0.4 is 0 Å². The lowest BCUT2D eigenvalue weighted by molar-refractivity contribution is 0.612. The van der Waals surface area contributed by atoms with Gasteiger partial charge in [0.2, 0.25) is 0 Å². The number of hydrogen-bond donors (Lipinski definition) is 0. The molecule has 0 saturated heterocycles. The number of halogens is 1. The molecule has 3 aromatic rings. The summed E-state index contributed by atoms with van der Waals surface area (Å²) < 4.78 is 2.10. The molecule has 0 amide bonds. The van der Waals surface area contributed by atoms with Crippen molar-refractivity contribution >= 4 is 22.8 Å². The molecule has 0 fully saturated rings. The quantitative estimate of drug-likeness (QED) is 0.686. The van der Waals surface area contributed by atoms with Crippen LogP contribution in [0.1, 0.15) is 42.2 Å². The molecule has 2 unspecified atom stereocenters. The fourth-order valence-corrected chi connectivity index (χ4v) is 2.69. The standard InChI is InChI=1S/C16H17ClN4/c1-10-7-14-16(19-8-10)21(15(20-14)11(2)17)12(3)13-5-4-6-18-9-13/h4-9,11-12H,1-3H3. The maximum atomic E-state index is 6.32. The van der Waals surface area contributed by atoms with Gasteiger partial charge in [0.05, 0.1) is 11.4 Å². The first kappa shape index (κ1) is 14.0. The second-order valence-corrected chi connectivity index (χ2v) is 5.93. The van der Waals surface area contributed by atoms with E-state index < -0.39 is 0 Å². The third-order valence-electron chi connectivity index (χ3n) is 3.60. The molecule has 3 heterocycles. The molecule has 108 valence electrons. The lowest BCUT2D eigenvalue weighted by Gasteiger charge is -2.18. The van der Waals surface area contributed by atoms with E-state index in [4.69, 9.17) is 11.6 Å². The predicted octanol–water partition coefficient (Wildman–Crippen LogP) is 4.04. The van der Waals surface area contributed by atoms with E-state index in [1.807, 2.05) is 38.4 Å². The molecule has 4 nitrogen and oxygen atoms in total. The normalized spacial score (nSPS) is 14.3. The summed E-state index contributed by atoms with van der Waals surface area (Å²) in [4.78, 5) is 13.4. The number of aryl methyl sites for hydroxylation is 1. The van der Waals surface area contributed by atoms with Gasteiger partial charge in [0, 0.05) is 18.6 Å². The van der Waals surface area contributed by atoms with Crippen LogP contribution in [0.4, 0.5) is 0 Å². The molecule has 0 aliphatic rings. The van der Waals surface area contributed by atoms with E-state index >= 15 is 0 Å². The van der Waals surface area contributed by atoms with Crippen molar-refractivity contribution < 1.29 is 0 Å². The second kappa shape index (κ2) is 5.45. The van der Waals surface area contributed by atoms with Crippen LogP contribution in [-0.2, 0) is 0 Å². The molecular weight excluding hydrogens is 284 g/mol. The summed E-state index contributed by atoms with van der Waals surface area (Å²) in [5.41, 5.74) is 3.94. The molecule has 0 aliphatic heterocycles. The molecular formula is C16H17ClN4. The van der Waals surface area contributed by atoms with Crippen LogP contribution in [-0.4, -0.2) is 19.5 Å². The number of fused-ring (bicyclic) bond motifs is 1. The van der Waals surface area contributed by atoms with Crippen LogP contribution in [0.2, 0.25) is 0 Å². The average molecular weight is 301 g/mol. The van der Waals surface area contributed by atoms with E-state index in [-0.39, 0.29) is 11.4 Å². The van der Waals surface area contributed by atoms with Crippen LogP contribution in [0.15, 0.2) is 36.8 Å². The van der Waals surface area contributed by atoms with Gasteiger partial charge in [-0.2, -0.15) is 0 Å². The molecule has 0 bridgehead atoms. The zero-order valence-electron chi connectivity index (χ0n) is 12.3. The van der Waals surface area contributed by atoms with E-state index in [0.717, 1.165) is 28.1 Å². The molecule has 3 rings (SSSR count). The Bertz CT molecular complexity index is 765. The van der Waals surface area contributed by atoms with Gasteiger partial charge >= 0.3 is 0 Å². The molecule has 0 spiro atoms. The van der Waals surface area contributed by atoms with Crippen LogP contribution in [0, 0.1) is 6.92 Å². The van der Waals surface area contributed by atoms with Crippen molar-refractivity contribution in [3.05, 3.63) is 53.7 Å². The number of pyridine rings is 2. The highest BCUT2D eigenvalue weighted by atomic mass is 35.5. The Labute approximate surface area is 128 Å². The summed E-state index contributed by atoms with van der Waals surface area (Å²) in [6, 6.07) is 6.11. The van der Waals surface area contributed by atoms with Crippen molar-refractivity contribution in [3.63, 3.8) is 0 Å². The number of alkyl halides is 1. The maximum absolute atomic E-state index is 6.32. The van der Waals surface area contributed by atoms with Gasteiger partial charge in [-0.15, -0.1) is 11.6 Å². The van der Waals surface area contributed by atoms with E-state index in [0.29, 0.717) is 0 Å². The first-order chi connectivity index (χ1) is 10.1. The first-order valence-electron chi connectivity index (χ1n) is 6.96. The smallest absolute Gasteiger partial charge is 0.160 e. The molecule has 0 aromatic carbocycles. The minimum atomic E-state index is -0.182. The highest BCUT2D eigenvalue weighted by molar-refractivity contribution is 6.20. The highest BCUT2D eigenvalue weighted by Gasteiger charge is 2.21. The first-order valence-corrected chi connectivity index (χ1v) is 7.40. The Morgan fingerprint density at radius 2 is 2.05 bits per heavy atom. The Morgan fingerprint density at radius 1 is 1.24 bits per heavy atom. The van der Waals surface area contributed by atoms with Gasteiger partial charge in [0.15, 0.2) is 5.65 Å². The molecule has 21 heavy (non-hydrogen) atoms. The Balaban J connectivity index is 2.22. The molecule has 0 saturated carbocycles. The molecule has 2 atom stereocenters. The minimum Gasteiger partial charge on any atom is -0.304 e. The third kappa shape index (κ3) is 2.51. The van der Waals surface area contributed by atoms with E-state index in [9.17, 15) is 0 Å². The number of nitrogens with zero attached hydrogens (tertiary/aromatic N) is 4. The summed E-state index contributed by atoms with van der Waals surface area (Å²) in [6.07, 6.45) is 5.50. The topological polar surface area (TPSA) is 43.6 Å². The lowest BCUT2D eigenvalue weighted by atomic mass is 10.1.